The maximum Gasteiger partial charge on any atom is 0.338 e. The van der Waals surface area contributed by atoms with E-state index >= 15 is 0 Å². The van der Waals surface area contributed by atoms with Crippen molar-refractivity contribution in [1.29, 1.82) is 0 Å². The van der Waals surface area contributed by atoms with Gasteiger partial charge in [-0.3, -0.25) is 14.5 Å². The fourth-order valence-corrected chi connectivity index (χ4v) is 4.70. The molecule has 0 saturated heterocycles. The van der Waals surface area contributed by atoms with Gasteiger partial charge in [0.25, 0.3) is 11.8 Å². The molecule has 1 aromatic carbocycles. The molecule has 1 aliphatic heterocycles. The SMILES string of the molecule is COC(=O)c1cc(CCCCCCN2C(=O)c3ccccc3C2=O)c2cccc(C(C)C)cc1-2. The number of unbranched alkanes of at least 4 members (excludes halogenated alkanes) is 3. The number of hydrogen-bond donors (Lipinski definition) is 0. The van der Waals surface area contributed by atoms with Gasteiger partial charge in [0.15, 0.2) is 0 Å². The van der Waals surface area contributed by atoms with Crippen molar-refractivity contribution in [3.05, 3.63) is 82.4 Å². The summed E-state index contributed by atoms with van der Waals surface area (Å²) in [6.45, 7) is 4.74. The Hall–Kier alpha value is -3.47. The van der Waals surface area contributed by atoms with Crippen LogP contribution in [0.3, 0.4) is 0 Å². The highest BCUT2D eigenvalue weighted by Crippen LogP contribution is 2.35. The molecule has 3 aliphatic rings. The van der Waals surface area contributed by atoms with Gasteiger partial charge in [-0.05, 0) is 65.6 Å². The number of rotatable bonds is 9. The zero-order chi connectivity index (χ0) is 24.2. The van der Waals surface area contributed by atoms with Crippen LogP contribution in [0.1, 0.15) is 87.6 Å². The lowest BCUT2D eigenvalue weighted by atomic mass is 10.0. The molecule has 1 heterocycles. The highest BCUT2D eigenvalue weighted by atomic mass is 16.5. The highest BCUT2D eigenvalue weighted by Gasteiger charge is 2.34. The number of ether oxygens (including phenoxy) is 1. The first-order valence-corrected chi connectivity index (χ1v) is 12.0. The molecule has 1 aromatic rings. The number of aryl methyl sites for hydroxylation is 1. The van der Waals surface area contributed by atoms with Crippen molar-refractivity contribution in [1.82, 2.24) is 4.90 Å². The minimum absolute atomic E-state index is 0.187. The molecular formula is C29H31NO4. The fourth-order valence-electron chi connectivity index (χ4n) is 4.70. The van der Waals surface area contributed by atoms with Crippen LogP contribution in [0, 0.1) is 0 Å². The summed E-state index contributed by atoms with van der Waals surface area (Å²) in [5.74, 6) is -0.319. The van der Waals surface area contributed by atoms with E-state index in [9.17, 15) is 14.4 Å². The lowest BCUT2D eigenvalue weighted by Crippen LogP contribution is -2.30. The van der Waals surface area contributed by atoms with Gasteiger partial charge in [-0.1, -0.05) is 63.1 Å². The Balaban J connectivity index is 1.34. The van der Waals surface area contributed by atoms with Crippen molar-refractivity contribution in [3.8, 4) is 11.1 Å². The van der Waals surface area contributed by atoms with Crippen molar-refractivity contribution < 1.29 is 19.1 Å². The van der Waals surface area contributed by atoms with Crippen LogP contribution in [0.4, 0.5) is 0 Å². The van der Waals surface area contributed by atoms with Crippen LogP contribution < -0.4 is 0 Å². The van der Waals surface area contributed by atoms with Crippen molar-refractivity contribution in [3.63, 3.8) is 0 Å². The second-order valence-corrected chi connectivity index (χ2v) is 9.20. The van der Waals surface area contributed by atoms with Gasteiger partial charge < -0.3 is 4.74 Å². The van der Waals surface area contributed by atoms with Crippen LogP contribution >= 0.6 is 0 Å². The maximum atomic E-state index is 12.5. The summed E-state index contributed by atoms with van der Waals surface area (Å²) in [5, 5.41) is 0. The van der Waals surface area contributed by atoms with Crippen LogP contribution in [-0.2, 0) is 11.2 Å². The first kappa shape index (κ1) is 23.7. The van der Waals surface area contributed by atoms with Gasteiger partial charge in [0.1, 0.15) is 0 Å². The lowest BCUT2D eigenvalue weighted by Gasteiger charge is -2.13. The Kier molecular flexibility index (Phi) is 7.11. The molecule has 34 heavy (non-hydrogen) atoms. The molecule has 2 amide bonds. The summed E-state index contributed by atoms with van der Waals surface area (Å²) in [7, 11) is 1.42. The molecule has 0 aromatic heterocycles. The zero-order valence-electron chi connectivity index (χ0n) is 20.1. The van der Waals surface area contributed by atoms with Crippen LogP contribution in [0.15, 0.2) is 54.6 Å². The van der Waals surface area contributed by atoms with Crippen molar-refractivity contribution in [2.75, 3.05) is 13.7 Å². The predicted octanol–water partition coefficient (Wildman–Crippen LogP) is 6.10. The summed E-state index contributed by atoms with van der Waals surface area (Å²) >= 11 is 0. The third kappa shape index (κ3) is 4.60. The number of esters is 1. The van der Waals surface area contributed by atoms with E-state index < -0.39 is 0 Å². The zero-order valence-corrected chi connectivity index (χ0v) is 20.1. The fraction of sp³-hybridized carbons (Fsp3) is 0.345. The molecule has 0 saturated carbocycles. The standard InChI is InChI=1S/C29H31NO4/c1-19(2)20-12-10-15-22-21(18-26(25(22)17-20)29(33)34-3)11-6-4-5-9-16-30-27(31)23-13-7-8-14-24(23)28(30)32/h7-8,10,12-15,17-19H,4-6,9,11,16H2,1-3H3. The lowest BCUT2D eigenvalue weighted by molar-refractivity contribution is 0.0599. The Labute approximate surface area is 201 Å². The van der Waals surface area contributed by atoms with Gasteiger partial charge >= 0.3 is 5.97 Å². The summed E-state index contributed by atoms with van der Waals surface area (Å²) in [4.78, 5) is 38.7. The molecule has 5 nitrogen and oxygen atoms in total. The Morgan fingerprint density at radius 1 is 0.824 bits per heavy atom. The molecule has 0 N–H and O–H groups in total. The number of carbonyl (C=O) groups excluding carboxylic acids is 3. The number of carbonyl (C=O) groups is 3. The molecule has 5 heteroatoms. The number of nitrogens with zero attached hydrogens (tertiary/aromatic N) is 1. The van der Waals surface area contributed by atoms with E-state index in [4.69, 9.17) is 4.74 Å². The number of methoxy groups -OCH3 is 1. The van der Waals surface area contributed by atoms with E-state index in [1.54, 1.807) is 24.3 Å². The van der Waals surface area contributed by atoms with E-state index in [1.165, 1.54) is 17.6 Å². The van der Waals surface area contributed by atoms with E-state index in [-0.39, 0.29) is 17.8 Å². The molecule has 0 spiro atoms. The molecule has 0 fully saturated rings. The van der Waals surface area contributed by atoms with Crippen LogP contribution in [0.25, 0.3) is 11.1 Å². The Bertz CT molecular complexity index is 1160. The van der Waals surface area contributed by atoms with Gasteiger partial charge in [0.2, 0.25) is 0 Å². The van der Waals surface area contributed by atoms with E-state index in [2.05, 4.69) is 38.1 Å². The molecule has 0 bridgehead atoms. The smallest absolute Gasteiger partial charge is 0.338 e. The van der Waals surface area contributed by atoms with Crippen LogP contribution in [0.5, 0.6) is 0 Å². The van der Waals surface area contributed by atoms with Crippen molar-refractivity contribution in [2.24, 2.45) is 0 Å². The maximum absolute atomic E-state index is 12.5. The topological polar surface area (TPSA) is 63.7 Å². The second-order valence-electron chi connectivity index (χ2n) is 9.20. The monoisotopic (exact) mass is 457 g/mol. The quantitative estimate of drug-likeness (QED) is 0.221. The normalized spacial score (nSPS) is 13.1. The van der Waals surface area contributed by atoms with E-state index in [0.717, 1.165) is 48.8 Å². The number of hydrogen-bond acceptors (Lipinski definition) is 4. The van der Waals surface area contributed by atoms with Gasteiger partial charge in [-0.2, -0.15) is 0 Å². The molecule has 0 atom stereocenters. The molecule has 0 radical (unpaired) electrons. The van der Waals surface area contributed by atoms with E-state index in [0.29, 0.717) is 29.2 Å². The third-order valence-corrected chi connectivity index (χ3v) is 6.64. The summed E-state index contributed by atoms with van der Waals surface area (Å²) in [6.07, 6.45) is 4.53. The number of benzene rings is 1. The van der Waals surface area contributed by atoms with Crippen molar-refractivity contribution >= 4 is 17.8 Å². The average Bonchev–Trinajstić information content (AvgIpc) is 3.17. The highest BCUT2D eigenvalue weighted by molar-refractivity contribution is 6.21. The molecule has 0 unspecified atom stereocenters. The second kappa shape index (κ2) is 10.2. The minimum atomic E-state index is -0.307. The first-order valence-electron chi connectivity index (χ1n) is 12.0. The average molecular weight is 458 g/mol. The molecule has 176 valence electrons. The summed E-state index contributed by atoms with van der Waals surface area (Å²) in [6, 6.07) is 17.3. The predicted molar refractivity (Wildman–Crippen MR) is 132 cm³/mol. The number of amides is 2. The third-order valence-electron chi connectivity index (χ3n) is 6.64. The summed E-state index contributed by atoms with van der Waals surface area (Å²) < 4.78 is 5.04. The Morgan fingerprint density at radius 3 is 2.12 bits per heavy atom. The van der Waals surface area contributed by atoms with Crippen LogP contribution in [0.2, 0.25) is 0 Å². The number of fused-ring (bicyclic) bond motifs is 2. The van der Waals surface area contributed by atoms with Crippen LogP contribution in [-0.4, -0.2) is 36.3 Å². The summed E-state index contributed by atoms with van der Waals surface area (Å²) in [5.41, 5.74) is 6.01. The van der Waals surface area contributed by atoms with Crippen molar-refractivity contribution in [2.45, 2.75) is 51.9 Å². The van der Waals surface area contributed by atoms with Gasteiger partial charge in [0, 0.05) is 6.54 Å². The van der Waals surface area contributed by atoms with Gasteiger partial charge in [0.05, 0.1) is 23.8 Å². The van der Waals surface area contributed by atoms with Gasteiger partial charge in [-0.15, -0.1) is 0 Å². The molecule has 2 aliphatic carbocycles. The van der Waals surface area contributed by atoms with Gasteiger partial charge in [-0.25, -0.2) is 4.79 Å². The molecule has 4 rings (SSSR count). The minimum Gasteiger partial charge on any atom is -0.465 e. The van der Waals surface area contributed by atoms with E-state index in [1.807, 2.05) is 6.07 Å². The number of imide groups is 1. The Morgan fingerprint density at radius 2 is 1.47 bits per heavy atom. The molecular weight excluding hydrogens is 426 g/mol. The first-order chi connectivity index (χ1) is 16.4. The largest absolute Gasteiger partial charge is 0.465 e.